The summed E-state index contributed by atoms with van der Waals surface area (Å²) >= 11 is 0. The van der Waals surface area contributed by atoms with Crippen LogP contribution < -0.4 is 5.32 Å². The second-order valence-corrected chi connectivity index (χ2v) is 6.54. The molecule has 1 amide bonds. The first-order chi connectivity index (χ1) is 6.93. The maximum absolute atomic E-state index is 11.6. The molecule has 1 aliphatic heterocycles. The van der Waals surface area contributed by atoms with E-state index < -0.39 is 15.1 Å². The van der Waals surface area contributed by atoms with E-state index >= 15 is 0 Å². The van der Waals surface area contributed by atoms with Crippen LogP contribution in [0.2, 0.25) is 0 Å². The Hall–Kier alpha value is -0.330. The lowest BCUT2D eigenvalue weighted by Crippen LogP contribution is -2.48. The number of halogens is 1. The summed E-state index contributed by atoms with van der Waals surface area (Å²) in [5, 5.41) is 2.63. The average molecular weight is 271 g/mol. The van der Waals surface area contributed by atoms with Crippen LogP contribution in [0.4, 0.5) is 0 Å². The number of piperazine rings is 1. The Bertz CT molecular complexity index is 324. The van der Waals surface area contributed by atoms with Crippen LogP contribution in [0.1, 0.15) is 13.8 Å². The zero-order valence-corrected chi connectivity index (χ0v) is 11.2. The molecule has 0 spiro atoms. The molecule has 0 aromatic carbocycles. The summed E-state index contributed by atoms with van der Waals surface area (Å²) in [6.45, 7) is 5.89. The molecule has 5 nitrogen and oxygen atoms in total. The zero-order chi connectivity index (χ0) is 11.5. The molecule has 1 aliphatic rings. The molecule has 0 unspecified atom stereocenters. The van der Waals surface area contributed by atoms with Crippen LogP contribution in [-0.4, -0.2) is 56.4 Å². The first-order valence-corrected chi connectivity index (χ1v) is 6.85. The van der Waals surface area contributed by atoms with Gasteiger partial charge in [0.15, 0.2) is 9.84 Å². The highest BCUT2D eigenvalue weighted by Crippen LogP contribution is 2.03. The second kappa shape index (κ2) is 6.42. The lowest BCUT2D eigenvalue weighted by Gasteiger charge is -2.27. The highest BCUT2D eigenvalue weighted by atomic mass is 35.5. The van der Waals surface area contributed by atoms with Gasteiger partial charge >= 0.3 is 0 Å². The number of nitrogens with zero attached hydrogens (tertiary/aromatic N) is 1. The van der Waals surface area contributed by atoms with Gasteiger partial charge in [0.05, 0.1) is 5.25 Å². The molecule has 0 aromatic heterocycles. The summed E-state index contributed by atoms with van der Waals surface area (Å²) in [5.41, 5.74) is 0. The fourth-order valence-electron chi connectivity index (χ4n) is 1.34. The Morgan fingerprint density at radius 1 is 1.31 bits per heavy atom. The van der Waals surface area contributed by atoms with E-state index in [9.17, 15) is 13.2 Å². The molecule has 1 rings (SSSR count). The van der Waals surface area contributed by atoms with Gasteiger partial charge < -0.3 is 10.2 Å². The number of carbonyl (C=O) groups is 1. The molecule has 0 saturated carbocycles. The Labute approximate surface area is 103 Å². The topological polar surface area (TPSA) is 66.5 Å². The predicted molar refractivity (Wildman–Crippen MR) is 65.6 cm³/mol. The highest BCUT2D eigenvalue weighted by Gasteiger charge is 2.25. The molecular formula is C9H19ClN2O3S. The molecule has 7 heteroatoms. The number of hydrogen-bond acceptors (Lipinski definition) is 4. The number of sulfone groups is 1. The monoisotopic (exact) mass is 270 g/mol. The first kappa shape index (κ1) is 15.7. The maximum Gasteiger partial charge on any atom is 0.237 e. The quantitative estimate of drug-likeness (QED) is 0.762. The van der Waals surface area contributed by atoms with Gasteiger partial charge in [0.2, 0.25) is 5.91 Å². The molecule has 0 aliphatic carbocycles. The van der Waals surface area contributed by atoms with Gasteiger partial charge in [0.25, 0.3) is 0 Å². The molecular weight excluding hydrogens is 252 g/mol. The summed E-state index contributed by atoms with van der Waals surface area (Å²) in [4.78, 5) is 13.2. The molecule has 1 saturated heterocycles. The van der Waals surface area contributed by atoms with Gasteiger partial charge in [-0.2, -0.15) is 0 Å². The SMILES string of the molecule is CC(C)S(=O)(=O)CC(=O)N1CCNCC1.Cl. The standard InChI is InChI=1S/C9H18N2O3S.ClH/c1-8(2)15(13,14)7-9(12)11-5-3-10-4-6-11;/h8,10H,3-7H2,1-2H3;1H. The lowest BCUT2D eigenvalue weighted by atomic mass is 10.3. The minimum absolute atomic E-state index is 0. The van der Waals surface area contributed by atoms with Crippen LogP contribution in [-0.2, 0) is 14.6 Å². The zero-order valence-electron chi connectivity index (χ0n) is 9.60. The average Bonchev–Trinajstić information content (AvgIpc) is 2.18. The normalized spacial score (nSPS) is 17.1. The molecule has 0 atom stereocenters. The van der Waals surface area contributed by atoms with E-state index in [0.29, 0.717) is 13.1 Å². The Morgan fingerprint density at radius 3 is 2.25 bits per heavy atom. The molecule has 0 bridgehead atoms. The van der Waals surface area contributed by atoms with Crippen molar-refractivity contribution in [3.63, 3.8) is 0 Å². The fraction of sp³-hybridized carbons (Fsp3) is 0.889. The summed E-state index contributed by atoms with van der Waals surface area (Å²) in [6.07, 6.45) is 0. The number of amides is 1. The Morgan fingerprint density at radius 2 is 1.81 bits per heavy atom. The van der Waals surface area contributed by atoms with Crippen LogP contribution in [0.25, 0.3) is 0 Å². The van der Waals surface area contributed by atoms with E-state index in [2.05, 4.69) is 5.32 Å². The first-order valence-electron chi connectivity index (χ1n) is 5.13. The second-order valence-electron chi connectivity index (χ2n) is 3.99. The molecule has 16 heavy (non-hydrogen) atoms. The van der Waals surface area contributed by atoms with Gasteiger partial charge in [0.1, 0.15) is 5.75 Å². The minimum Gasteiger partial charge on any atom is -0.339 e. The third-order valence-corrected chi connectivity index (χ3v) is 4.60. The van der Waals surface area contributed by atoms with E-state index in [4.69, 9.17) is 0 Å². The van der Waals surface area contributed by atoms with Crippen molar-refractivity contribution >= 4 is 28.2 Å². The van der Waals surface area contributed by atoms with E-state index in [1.54, 1.807) is 18.7 Å². The van der Waals surface area contributed by atoms with E-state index in [-0.39, 0.29) is 24.1 Å². The summed E-state index contributed by atoms with van der Waals surface area (Å²) < 4.78 is 23.0. The smallest absolute Gasteiger partial charge is 0.237 e. The highest BCUT2D eigenvalue weighted by molar-refractivity contribution is 7.92. The minimum atomic E-state index is -3.26. The van der Waals surface area contributed by atoms with Crippen LogP contribution >= 0.6 is 12.4 Å². The van der Waals surface area contributed by atoms with Crippen LogP contribution in [0.15, 0.2) is 0 Å². The molecule has 1 heterocycles. The Kier molecular flexibility index (Phi) is 6.28. The summed E-state index contributed by atoms with van der Waals surface area (Å²) in [6, 6.07) is 0. The van der Waals surface area contributed by atoms with Crippen molar-refractivity contribution < 1.29 is 13.2 Å². The van der Waals surface area contributed by atoms with Crippen molar-refractivity contribution in [2.24, 2.45) is 0 Å². The van der Waals surface area contributed by atoms with Gasteiger partial charge in [-0.25, -0.2) is 8.42 Å². The maximum atomic E-state index is 11.6. The van der Waals surface area contributed by atoms with Gasteiger partial charge in [-0.1, -0.05) is 0 Å². The van der Waals surface area contributed by atoms with Crippen LogP contribution in [0.3, 0.4) is 0 Å². The molecule has 1 N–H and O–H groups in total. The molecule has 96 valence electrons. The van der Waals surface area contributed by atoms with E-state index in [0.717, 1.165) is 13.1 Å². The third-order valence-electron chi connectivity index (χ3n) is 2.51. The van der Waals surface area contributed by atoms with Crippen LogP contribution in [0.5, 0.6) is 0 Å². The molecule has 0 radical (unpaired) electrons. The van der Waals surface area contributed by atoms with Gasteiger partial charge in [-0.15, -0.1) is 12.4 Å². The van der Waals surface area contributed by atoms with Gasteiger partial charge in [0, 0.05) is 26.2 Å². The van der Waals surface area contributed by atoms with Crippen molar-refractivity contribution in [2.75, 3.05) is 31.9 Å². The van der Waals surface area contributed by atoms with Crippen molar-refractivity contribution in [3.05, 3.63) is 0 Å². The van der Waals surface area contributed by atoms with Gasteiger partial charge in [-0.3, -0.25) is 4.79 Å². The Balaban J connectivity index is 0.00000225. The van der Waals surface area contributed by atoms with Crippen molar-refractivity contribution in [3.8, 4) is 0 Å². The van der Waals surface area contributed by atoms with E-state index in [1.807, 2.05) is 0 Å². The summed E-state index contributed by atoms with van der Waals surface area (Å²) in [5.74, 6) is -0.629. The fourth-order valence-corrected chi connectivity index (χ4v) is 2.20. The predicted octanol–water partition coefficient (Wildman–Crippen LogP) is -0.337. The van der Waals surface area contributed by atoms with Gasteiger partial charge in [-0.05, 0) is 13.8 Å². The lowest BCUT2D eigenvalue weighted by molar-refractivity contribution is -0.128. The number of rotatable bonds is 3. The number of carbonyl (C=O) groups excluding carboxylic acids is 1. The molecule has 0 aromatic rings. The van der Waals surface area contributed by atoms with Crippen molar-refractivity contribution in [2.45, 2.75) is 19.1 Å². The largest absolute Gasteiger partial charge is 0.339 e. The number of nitrogens with one attached hydrogen (secondary N) is 1. The van der Waals surface area contributed by atoms with Crippen molar-refractivity contribution in [1.82, 2.24) is 10.2 Å². The third kappa shape index (κ3) is 4.27. The van der Waals surface area contributed by atoms with Crippen LogP contribution in [0, 0.1) is 0 Å². The number of hydrogen-bond donors (Lipinski definition) is 1. The summed E-state index contributed by atoms with van der Waals surface area (Å²) in [7, 11) is -3.26. The van der Waals surface area contributed by atoms with E-state index in [1.165, 1.54) is 0 Å². The molecule has 1 fully saturated rings. The van der Waals surface area contributed by atoms with Crippen molar-refractivity contribution in [1.29, 1.82) is 0 Å².